The van der Waals surface area contributed by atoms with Crippen LogP contribution in [-0.2, 0) is 4.79 Å². The zero-order valence-electron chi connectivity index (χ0n) is 6.87. The van der Waals surface area contributed by atoms with Crippen LogP contribution in [0.15, 0.2) is 4.99 Å². The summed E-state index contributed by atoms with van der Waals surface area (Å²) in [6, 6.07) is 0.256. The van der Waals surface area contributed by atoms with Crippen LogP contribution in [0.5, 0.6) is 0 Å². The summed E-state index contributed by atoms with van der Waals surface area (Å²) in [4.78, 5) is 17.5. The minimum Gasteiger partial charge on any atom is -0.299 e. The molecule has 2 aliphatic rings. The topological polar surface area (TPSA) is 32.7 Å². The van der Waals surface area contributed by atoms with Gasteiger partial charge < -0.3 is 0 Å². The van der Waals surface area contributed by atoms with Crippen molar-refractivity contribution in [3.63, 3.8) is 0 Å². The van der Waals surface area contributed by atoms with E-state index >= 15 is 0 Å². The smallest absolute Gasteiger partial charge is 0.255 e. The van der Waals surface area contributed by atoms with Gasteiger partial charge in [-0.15, -0.1) is 0 Å². The second-order valence-electron chi connectivity index (χ2n) is 3.58. The predicted octanol–water partition coefficient (Wildman–Crippen LogP) is 0.798. The second-order valence-corrected chi connectivity index (χ2v) is 3.58. The third-order valence-corrected chi connectivity index (χ3v) is 2.34. The number of nitrogens with zero attached hydrogens (tertiary/aromatic N) is 2. The van der Waals surface area contributed by atoms with Gasteiger partial charge in [0.2, 0.25) is 0 Å². The standard InChI is InChI=1S/C8H12N2O/c1-6(2)10-5-9-8(3-4-8)7(10)11/h5-6H,3-4H2,1-2H3. The van der Waals surface area contributed by atoms with Crippen LogP contribution in [0.1, 0.15) is 26.7 Å². The number of carbonyl (C=O) groups is 1. The van der Waals surface area contributed by atoms with Crippen LogP contribution in [0.4, 0.5) is 0 Å². The quantitative estimate of drug-likeness (QED) is 0.547. The largest absolute Gasteiger partial charge is 0.299 e. The van der Waals surface area contributed by atoms with Crippen molar-refractivity contribution in [1.82, 2.24) is 4.90 Å². The molecule has 0 radical (unpaired) electrons. The van der Waals surface area contributed by atoms with E-state index in [0.717, 1.165) is 12.8 Å². The van der Waals surface area contributed by atoms with Gasteiger partial charge in [0.15, 0.2) is 0 Å². The fourth-order valence-corrected chi connectivity index (χ4v) is 1.35. The molecular weight excluding hydrogens is 140 g/mol. The Bertz CT molecular complexity index is 228. The molecule has 3 nitrogen and oxygen atoms in total. The molecule has 1 heterocycles. The van der Waals surface area contributed by atoms with E-state index in [1.54, 1.807) is 11.2 Å². The maximum atomic E-state index is 11.5. The van der Waals surface area contributed by atoms with Crippen molar-refractivity contribution in [2.45, 2.75) is 38.3 Å². The van der Waals surface area contributed by atoms with E-state index in [1.165, 1.54) is 0 Å². The third-order valence-electron chi connectivity index (χ3n) is 2.34. The fraction of sp³-hybridized carbons (Fsp3) is 0.750. The molecule has 1 aliphatic heterocycles. The van der Waals surface area contributed by atoms with Crippen molar-refractivity contribution in [3.8, 4) is 0 Å². The van der Waals surface area contributed by atoms with E-state index in [4.69, 9.17) is 0 Å². The Hall–Kier alpha value is -0.860. The molecule has 0 bridgehead atoms. The number of aliphatic imine (C=N–C) groups is 1. The molecule has 1 saturated carbocycles. The Morgan fingerprint density at radius 3 is 2.55 bits per heavy atom. The number of rotatable bonds is 1. The fourth-order valence-electron chi connectivity index (χ4n) is 1.35. The average Bonchev–Trinajstić information content (AvgIpc) is 2.61. The van der Waals surface area contributed by atoms with Crippen LogP contribution < -0.4 is 0 Å². The molecular formula is C8H12N2O. The first-order valence-electron chi connectivity index (χ1n) is 4.04. The van der Waals surface area contributed by atoms with Gasteiger partial charge in [-0.2, -0.15) is 0 Å². The average molecular weight is 152 g/mol. The Kier molecular flexibility index (Phi) is 1.14. The summed E-state index contributed by atoms with van der Waals surface area (Å²) in [7, 11) is 0. The van der Waals surface area contributed by atoms with Gasteiger partial charge in [0, 0.05) is 6.04 Å². The third kappa shape index (κ3) is 0.800. The lowest BCUT2D eigenvalue weighted by Gasteiger charge is -2.17. The molecule has 11 heavy (non-hydrogen) atoms. The first-order valence-corrected chi connectivity index (χ1v) is 4.04. The van der Waals surface area contributed by atoms with E-state index in [2.05, 4.69) is 4.99 Å². The first kappa shape index (κ1) is 6.83. The molecule has 2 rings (SSSR count). The van der Waals surface area contributed by atoms with Gasteiger partial charge >= 0.3 is 0 Å². The highest BCUT2D eigenvalue weighted by Gasteiger charge is 2.55. The lowest BCUT2D eigenvalue weighted by Crippen LogP contribution is -2.36. The van der Waals surface area contributed by atoms with Gasteiger partial charge in [0.1, 0.15) is 5.54 Å². The lowest BCUT2D eigenvalue weighted by atomic mass is 10.2. The molecule has 0 aromatic rings. The number of hydrogen-bond donors (Lipinski definition) is 0. The molecule has 0 saturated heterocycles. The van der Waals surface area contributed by atoms with Crippen molar-refractivity contribution >= 4 is 12.2 Å². The molecule has 1 aliphatic carbocycles. The van der Waals surface area contributed by atoms with E-state index in [9.17, 15) is 4.79 Å². The summed E-state index contributed by atoms with van der Waals surface area (Å²) in [6.45, 7) is 4.01. The Morgan fingerprint density at radius 2 is 2.27 bits per heavy atom. The van der Waals surface area contributed by atoms with Crippen LogP contribution in [-0.4, -0.2) is 28.7 Å². The number of amides is 1. The van der Waals surface area contributed by atoms with Crippen LogP contribution in [0.25, 0.3) is 0 Å². The van der Waals surface area contributed by atoms with Crippen LogP contribution in [0.2, 0.25) is 0 Å². The normalized spacial score (nSPS) is 25.7. The zero-order chi connectivity index (χ0) is 8.06. The van der Waals surface area contributed by atoms with Crippen molar-refractivity contribution in [3.05, 3.63) is 0 Å². The summed E-state index contributed by atoms with van der Waals surface area (Å²) in [5, 5.41) is 0. The highest BCUT2D eigenvalue weighted by molar-refractivity contribution is 6.02. The van der Waals surface area contributed by atoms with Crippen molar-refractivity contribution in [2.75, 3.05) is 0 Å². The maximum absolute atomic E-state index is 11.5. The summed E-state index contributed by atoms with van der Waals surface area (Å²) in [5.74, 6) is 0.201. The zero-order valence-corrected chi connectivity index (χ0v) is 6.87. The van der Waals surface area contributed by atoms with Crippen molar-refractivity contribution in [1.29, 1.82) is 0 Å². The van der Waals surface area contributed by atoms with Crippen molar-refractivity contribution < 1.29 is 4.79 Å². The van der Waals surface area contributed by atoms with Gasteiger partial charge in [-0.1, -0.05) is 0 Å². The highest BCUT2D eigenvalue weighted by Crippen LogP contribution is 2.43. The molecule has 0 atom stereocenters. The van der Waals surface area contributed by atoms with Gasteiger partial charge in [0.25, 0.3) is 5.91 Å². The Labute approximate surface area is 66.1 Å². The van der Waals surface area contributed by atoms with Crippen LogP contribution >= 0.6 is 0 Å². The first-order chi connectivity index (χ1) is 5.16. The molecule has 0 aromatic carbocycles. The Morgan fingerprint density at radius 1 is 1.64 bits per heavy atom. The van der Waals surface area contributed by atoms with E-state index < -0.39 is 0 Å². The molecule has 0 aromatic heterocycles. The highest BCUT2D eigenvalue weighted by atomic mass is 16.2. The minimum atomic E-state index is -0.287. The van der Waals surface area contributed by atoms with Crippen LogP contribution in [0.3, 0.4) is 0 Å². The minimum absolute atomic E-state index is 0.201. The molecule has 1 fully saturated rings. The number of hydrogen-bond acceptors (Lipinski definition) is 2. The monoisotopic (exact) mass is 152 g/mol. The summed E-state index contributed by atoms with van der Waals surface area (Å²) in [5.41, 5.74) is -0.287. The molecule has 1 spiro atoms. The summed E-state index contributed by atoms with van der Waals surface area (Å²) < 4.78 is 0. The maximum Gasteiger partial charge on any atom is 0.255 e. The predicted molar refractivity (Wildman–Crippen MR) is 42.4 cm³/mol. The van der Waals surface area contributed by atoms with Crippen molar-refractivity contribution in [2.24, 2.45) is 4.99 Å². The van der Waals surface area contributed by atoms with Crippen LogP contribution in [0, 0.1) is 0 Å². The number of carbonyl (C=O) groups excluding carboxylic acids is 1. The molecule has 60 valence electrons. The molecule has 3 heteroatoms. The lowest BCUT2D eigenvalue weighted by molar-refractivity contribution is -0.129. The molecule has 0 N–H and O–H groups in total. The Balaban J connectivity index is 2.19. The van der Waals surface area contributed by atoms with Gasteiger partial charge in [-0.05, 0) is 26.7 Å². The second kappa shape index (κ2) is 1.84. The molecule has 1 amide bonds. The SMILES string of the molecule is CC(C)N1C=NC2(CC2)C1=O. The van der Waals surface area contributed by atoms with E-state index in [-0.39, 0.29) is 17.5 Å². The van der Waals surface area contributed by atoms with E-state index in [0.29, 0.717) is 0 Å². The van der Waals surface area contributed by atoms with Gasteiger partial charge in [-0.3, -0.25) is 14.7 Å². The summed E-state index contributed by atoms with van der Waals surface area (Å²) >= 11 is 0. The van der Waals surface area contributed by atoms with Gasteiger partial charge in [-0.25, -0.2) is 0 Å². The summed E-state index contributed by atoms with van der Waals surface area (Å²) in [6.07, 6.45) is 3.59. The van der Waals surface area contributed by atoms with Gasteiger partial charge in [0.05, 0.1) is 6.34 Å². The molecule has 0 unspecified atom stereocenters. The van der Waals surface area contributed by atoms with E-state index in [1.807, 2.05) is 13.8 Å².